The fourth-order valence-electron chi connectivity index (χ4n) is 23.4. The topological polar surface area (TPSA) is 81.9 Å². The third kappa shape index (κ3) is 12.8. The van der Waals surface area contributed by atoms with Crippen molar-refractivity contribution in [3.8, 4) is 78.9 Å². The molecule has 0 aliphatic carbocycles. The van der Waals surface area contributed by atoms with Gasteiger partial charge in [0.25, 0.3) is 0 Å². The zero-order valence-electron chi connectivity index (χ0n) is 78.3. The van der Waals surface area contributed by atoms with Crippen molar-refractivity contribution in [3.63, 3.8) is 0 Å². The van der Waals surface area contributed by atoms with Gasteiger partial charge >= 0.3 is 0 Å². The Labute approximate surface area is 829 Å². The standard InChI is InChI=1S/C47H29N3O.C46H28N2O.C42H26N2O/c1-4-13-30(14-5-1)40-20-12-21-41(48-40)31-23-26-42-37(27-31)39-28-38-35-24-25-36-34-19-10-11-22-45(34)51-47(36)46(35)50(33-17-8-3-9-18-33)44(38)29-43(39)49(42)32-15-6-2-7-16-32;1-3-13-33(14-4-1)47-41-26-32(31-20-19-29-11-7-8-12-30(29)25-31)21-22-35(41)39-27-40-37-23-24-38-36-17-9-10-18-44(36)49-46(38)45(37)48(43(40)28-42(39)47)34-15-5-2-6-16-34;1-4-12-27(13-5-1)28-20-23-37-34(24-28)36-25-35-32-21-22-33-31-18-10-11-19-40(31)45-42(33)41(32)44(30-16-8-3-9-17-30)39(35)26-38(36)43(37)29-14-6-2-7-15-29/h1-29H;1-28H;1-26H. The predicted octanol–water partition coefficient (Wildman–Crippen LogP) is 36.6. The molecule has 10 nitrogen and oxygen atoms in total. The molecule has 22 aromatic carbocycles. The van der Waals surface area contributed by atoms with Crippen molar-refractivity contribution in [2.75, 3.05) is 0 Å². The van der Waals surface area contributed by atoms with Gasteiger partial charge in [-0.2, -0.15) is 0 Å². The highest BCUT2D eigenvalue weighted by atomic mass is 16.3. The molecule has 0 unspecified atom stereocenters. The molecule has 0 aliphatic heterocycles. The highest BCUT2D eigenvalue weighted by molar-refractivity contribution is 6.29. The third-order valence-corrected chi connectivity index (χ3v) is 29.9. The third-order valence-electron chi connectivity index (χ3n) is 29.9. The summed E-state index contributed by atoms with van der Waals surface area (Å²) in [4.78, 5) is 5.12. The second-order valence-electron chi connectivity index (χ2n) is 37.9. The Morgan fingerprint density at radius 2 is 0.414 bits per heavy atom. The molecule has 0 amide bonds. The summed E-state index contributed by atoms with van der Waals surface area (Å²) in [6.07, 6.45) is 0. The van der Waals surface area contributed by atoms with Gasteiger partial charge in [0.1, 0.15) is 16.7 Å². The van der Waals surface area contributed by atoms with E-state index >= 15 is 0 Å². The molecule has 10 heteroatoms. The first-order valence-corrected chi connectivity index (χ1v) is 49.4. The van der Waals surface area contributed by atoms with Gasteiger partial charge in [-0.3, -0.25) is 0 Å². The van der Waals surface area contributed by atoms with Gasteiger partial charge in [0.05, 0.1) is 77.6 Å². The van der Waals surface area contributed by atoms with Crippen molar-refractivity contribution in [3.05, 3.63) is 504 Å². The summed E-state index contributed by atoms with van der Waals surface area (Å²) in [5.74, 6) is 0. The Hall–Kier alpha value is -19.6. The Morgan fingerprint density at radius 1 is 0.138 bits per heavy atom. The Kier molecular flexibility index (Phi) is 18.3. The molecule has 0 saturated heterocycles. The number of aromatic nitrogens is 7. The average Bonchev–Trinajstić information content (AvgIpc) is 1.55. The van der Waals surface area contributed by atoms with E-state index in [1.165, 1.54) is 114 Å². The lowest BCUT2D eigenvalue weighted by atomic mass is 10.00. The number of pyridine rings is 1. The summed E-state index contributed by atoms with van der Waals surface area (Å²) in [6.45, 7) is 0. The van der Waals surface area contributed by atoms with Crippen LogP contribution in [0.1, 0.15) is 0 Å². The summed E-state index contributed by atoms with van der Waals surface area (Å²) in [5, 5.41) is 23.7. The van der Waals surface area contributed by atoms with Gasteiger partial charge in [-0.1, -0.05) is 309 Å². The highest BCUT2D eigenvalue weighted by Gasteiger charge is 2.29. The molecule has 0 fully saturated rings. The van der Waals surface area contributed by atoms with E-state index in [1.54, 1.807) is 0 Å². The molecule has 32 rings (SSSR count). The normalized spacial score (nSPS) is 12.0. The van der Waals surface area contributed by atoms with E-state index in [0.29, 0.717) is 0 Å². The SMILES string of the molecule is c1ccc(-c2ccc3c(c2)c2cc4c5ccc6c7ccccc7oc6c5n(-c5ccccc5)c4cc2n3-c2ccccc2)cc1.c1ccc(-c2cccc(-c3ccc4c(c3)c3cc5c6ccc7c8ccccc8oc7c6n(-c6ccccc6)c5cc3n4-c3ccccc3)n2)cc1.c1ccc(-n2c3cc(-c4ccc5ccccc5c4)ccc3c3cc4c5ccc6c7ccccc7oc6c5n(-c5ccccc5)c4cc32)cc1. The molecule has 0 N–H and O–H groups in total. The van der Waals surface area contributed by atoms with Crippen LogP contribution in [0.25, 0.3) is 286 Å². The first-order valence-electron chi connectivity index (χ1n) is 49.4. The molecule has 0 aliphatic rings. The van der Waals surface area contributed by atoms with E-state index in [1.807, 2.05) is 24.3 Å². The first kappa shape index (κ1) is 81.4. The maximum Gasteiger partial charge on any atom is 0.160 e. The van der Waals surface area contributed by atoms with E-state index < -0.39 is 0 Å². The molecule has 10 aromatic heterocycles. The van der Waals surface area contributed by atoms with E-state index in [0.717, 1.165) is 172 Å². The molecular weight excluding hydrogens is 1770 g/mol. The minimum Gasteiger partial charge on any atom is -0.454 e. The Bertz CT molecular complexity index is 10900. The van der Waals surface area contributed by atoms with Crippen LogP contribution < -0.4 is 0 Å². The highest BCUT2D eigenvalue weighted by Crippen LogP contribution is 2.51. The molecular formula is C135H83N7O3. The minimum atomic E-state index is 0.897. The zero-order valence-corrected chi connectivity index (χ0v) is 78.3. The molecule has 10 heterocycles. The quantitative estimate of drug-likeness (QED) is 0.137. The maximum atomic E-state index is 6.67. The average molecular weight is 1850 g/mol. The van der Waals surface area contributed by atoms with E-state index in [2.05, 4.69) is 507 Å². The van der Waals surface area contributed by atoms with Crippen LogP contribution >= 0.6 is 0 Å². The lowest BCUT2D eigenvalue weighted by Gasteiger charge is -2.11. The predicted molar refractivity (Wildman–Crippen MR) is 604 cm³/mol. The molecule has 0 bridgehead atoms. The minimum absolute atomic E-state index is 0.897. The molecule has 676 valence electrons. The van der Waals surface area contributed by atoms with Gasteiger partial charge in [0.2, 0.25) is 0 Å². The van der Waals surface area contributed by atoms with Crippen molar-refractivity contribution in [1.82, 2.24) is 32.4 Å². The van der Waals surface area contributed by atoms with Gasteiger partial charge in [0.15, 0.2) is 16.7 Å². The molecule has 145 heavy (non-hydrogen) atoms. The number of rotatable bonds is 10. The summed E-state index contributed by atoms with van der Waals surface area (Å²) in [6, 6.07) is 180. The zero-order chi connectivity index (χ0) is 95.0. The Morgan fingerprint density at radius 3 is 0.841 bits per heavy atom. The van der Waals surface area contributed by atoms with Crippen molar-refractivity contribution in [2.24, 2.45) is 0 Å². The van der Waals surface area contributed by atoms with Crippen LogP contribution in [0.5, 0.6) is 0 Å². The van der Waals surface area contributed by atoms with Crippen LogP contribution in [-0.2, 0) is 0 Å². The van der Waals surface area contributed by atoms with E-state index in [9.17, 15) is 0 Å². The number of hydrogen-bond donors (Lipinski definition) is 0. The number of para-hydroxylation sites is 9. The summed E-state index contributed by atoms with van der Waals surface area (Å²) in [7, 11) is 0. The van der Waals surface area contributed by atoms with Crippen LogP contribution in [0.2, 0.25) is 0 Å². The monoisotopic (exact) mass is 1850 g/mol. The second kappa shape index (κ2) is 32.5. The Balaban J connectivity index is 0.000000101. The van der Waals surface area contributed by atoms with Crippen molar-refractivity contribution in [1.29, 1.82) is 0 Å². The molecule has 0 radical (unpaired) electrons. The van der Waals surface area contributed by atoms with Crippen molar-refractivity contribution >= 4 is 207 Å². The van der Waals surface area contributed by atoms with Gasteiger partial charge < -0.3 is 40.7 Å². The van der Waals surface area contributed by atoms with Crippen LogP contribution in [0, 0.1) is 0 Å². The lowest BCUT2D eigenvalue weighted by Crippen LogP contribution is -1.96. The first-order chi connectivity index (χ1) is 71.9. The molecule has 32 aromatic rings. The summed E-state index contributed by atoms with van der Waals surface area (Å²) < 4.78 is 34.4. The van der Waals surface area contributed by atoms with Crippen LogP contribution in [-0.4, -0.2) is 32.4 Å². The summed E-state index contributed by atoms with van der Waals surface area (Å²) in [5.41, 5.74) is 34.9. The van der Waals surface area contributed by atoms with Crippen LogP contribution in [0.3, 0.4) is 0 Å². The molecule has 0 spiro atoms. The van der Waals surface area contributed by atoms with Gasteiger partial charge in [-0.25, -0.2) is 4.98 Å². The molecule has 0 atom stereocenters. The van der Waals surface area contributed by atoms with Gasteiger partial charge in [0, 0.05) is 142 Å². The lowest BCUT2D eigenvalue weighted by molar-refractivity contribution is 0.670. The van der Waals surface area contributed by atoms with E-state index in [4.69, 9.17) is 18.2 Å². The fourth-order valence-corrected chi connectivity index (χ4v) is 23.4. The fraction of sp³-hybridized carbons (Fsp3) is 0. The molecule has 0 saturated carbocycles. The van der Waals surface area contributed by atoms with Crippen molar-refractivity contribution in [2.45, 2.75) is 0 Å². The smallest absolute Gasteiger partial charge is 0.160 e. The second-order valence-corrected chi connectivity index (χ2v) is 37.9. The van der Waals surface area contributed by atoms with Gasteiger partial charge in [-0.05, 0) is 227 Å². The number of fused-ring (bicyclic) bond motifs is 31. The number of furan rings is 3. The number of benzene rings is 22. The maximum absolute atomic E-state index is 6.67. The number of hydrogen-bond acceptors (Lipinski definition) is 4. The van der Waals surface area contributed by atoms with Crippen LogP contribution in [0.4, 0.5) is 0 Å². The largest absolute Gasteiger partial charge is 0.454 e. The van der Waals surface area contributed by atoms with E-state index in [-0.39, 0.29) is 0 Å². The van der Waals surface area contributed by atoms with Gasteiger partial charge in [-0.15, -0.1) is 0 Å². The van der Waals surface area contributed by atoms with Crippen molar-refractivity contribution < 1.29 is 13.3 Å². The summed E-state index contributed by atoms with van der Waals surface area (Å²) >= 11 is 0. The number of nitrogens with zero attached hydrogens (tertiary/aromatic N) is 7. The van der Waals surface area contributed by atoms with Crippen LogP contribution in [0.15, 0.2) is 517 Å².